The lowest BCUT2D eigenvalue weighted by atomic mass is 10.2. The summed E-state index contributed by atoms with van der Waals surface area (Å²) in [5, 5.41) is 0. The van der Waals surface area contributed by atoms with Gasteiger partial charge in [-0.15, -0.1) is 0 Å². The molecule has 2 heteroatoms. The number of nitrogens with zero attached hydrogens (tertiary/aromatic N) is 1. The van der Waals surface area contributed by atoms with Gasteiger partial charge in [-0.2, -0.15) is 0 Å². The van der Waals surface area contributed by atoms with Crippen LogP contribution in [0.4, 0.5) is 0 Å². The first-order valence-corrected chi connectivity index (χ1v) is 4.85. The number of hydrogen-bond donors (Lipinski definition) is 0. The van der Waals surface area contributed by atoms with Gasteiger partial charge in [0, 0.05) is 18.7 Å². The van der Waals surface area contributed by atoms with Crippen molar-refractivity contribution < 1.29 is 4.79 Å². The van der Waals surface area contributed by atoms with Crippen molar-refractivity contribution in [1.29, 1.82) is 0 Å². The van der Waals surface area contributed by atoms with Gasteiger partial charge >= 0.3 is 0 Å². The highest BCUT2D eigenvalue weighted by molar-refractivity contribution is 5.88. The van der Waals surface area contributed by atoms with Gasteiger partial charge in [-0.25, -0.2) is 0 Å². The average molecular weight is 179 g/mol. The fourth-order valence-corrected chi connectivity index (χ4v) is 1.61. The molecule has 0 aromatic carbocycles. The zero-order valence-electron chi connectivity index (χ0n) is 8.36. The van der Waals surface area contributed by atoms with E-state index in [1.807, 2.05) is 24.0 Å². The van der Waals surface area contributed by atoms with E-state index in [0.717, 1.165) is 19.4 Å². The van der Waals surface area contributed by atoms with Gasteiger partial charge in [-0.3, -0.25) is 4.79 Å². The summed E-state index contributed by atoms with van der Waals surface area (Å²) in [4.78, 5) is 13.5. The Balaban J connectivity index is 2.47. The summed E-state index contributed by atoms with van der Waals surface area (Å²) in [6, 6.07) is 0.419. The Kier molecular flexibility index (Phi) is 3.74. The zero-order chi connectivity index (χ0) is 9.68. The van der Waals surface area contributed by atoms with Crippen molar-refractivity contribution in [3.05, 3.63) is 24.3 Å². The van der Waals surface area contributed by atoms with Crippen LogP contribution >= 0.6 is 0 Å². The SMILES string of the molecule is C/C=C/C=C/C(=O)N1CCCC1C. The minimum atomic E-state index is 0.142. The standard InChI is InChI=1S/C11H17NO/c1-3-4-5-8-11(13)12-9-6-7-10(12)2/h3-5,8,10H,6-7,9H2,1-2H3/b4-3+,8-5+. The van der Waals surface area contributed by atoms with E-state index >= 15 is 0 Å². The Labute approximate surface area is 79.9 Å². The van der Waals surface area contributed by atoms with Crippen LogP contribution in [0.5, 0.6) is 0 Å². The topological polar surface area (TPSA) is 20.3 Å². The molecule has 1 rings (SSSR count). The maximum Gasteiger partial charge on any atom is 0.246 e. The number of carbonyl (C=O) groups excluding carboxylic acids is 1. The maximum absolute atomic E-state index is 11.5. The van der Waals surface area contributed by atoms with E-state index in [1.165, 1.54) is 0 Å². The Morgan fingerprint density at radius 3 is 2.77 bits per heavy atom. The maximum atomic E-state index is 11.5. The van der Waals surface area contributed by atoms with E-state index in [1.54, 1.807) is 12.2 Å². The van der Waals surface area contributed by atoms with Crippen LogP contribution in [0.2, 0.25) is 0 Å². The average Bonchev–Trinajstić information content (AvgIpc) is 2.52. The van der Waals surface area contributed by atoms with E-state index in [-0.39, 0.29) is 5.91 Å². The third kappa shape index (κ3) is 2.72. The van der Waals surface area contributed by atoms with Gasteiger partial charge in [0.2, 0.25) is 5.91 Å². The molecule has 1 unspecified atom stereocenters. The second kappa shape index (κ2) is 4.85. The molecule has 0 N–H and O–H groups in total. The summed E-state index contributed by atoms with van der Waals surface area (Å²) in [5.41, 5.74) is 0. The number of hydrogen-bond acceptors (Lipinski definition) is 1. The predicted molar refractivity (Wildman–Crippen MR) is 54.4 cm³/mol. The number of carbonyl (C=O) groups is 1. The van der Waals surface area contributed by atoms with Crippen LogP contribution in [-0.4, -0.2) is 23.4 Å². The van der Waals surface area contributed by atoms with Crippen LogP contribution in [0.25, 0.3) is 0 Å². The molecule has 0 spiro atoms. The van der Waals surface area contributed by atoms with E-state index in [4.69, 9.17) is 0 Å². The highest BCUT2D eigenvalue weighted by atomic mass is 16.2. The molecule has 1 atom stereocenters. The van der Waals surface area contributed by atoms with Crippen LogP contribution in [0.1, 0.15) is 26.7 Å². The van der Waals surface area contributed by atoms with E-state index in [0.29, 0.717) is 6.04 Å². The molecular weight excluding hydrogens is 162 g/mol. The van der Waals surface area contributed by atoms with E-state index in [2.05, 4.69) is 6.92 Å². The lowest BCUT2D eigenvalue weighted by molar-refractivity contribution is -0.126. The van der Waals surface area contributed by atoms with Crippen molar-refractivity contribution in [2.45, 2.75) is 32.7 Å². The lowest BCUT2D eigenvalue weighted by Crippen LogP contribution is -2.32. The predicted octanol–water partition coefficient (Wildman–Crippen LogP) is 2.13. The van der Waals surface area contributed by atoms with Crippen LogP contribution in [-0.2, 0) is 4.79 Å². The first-order chi connectivity index (χ1) is 6.25. The van der Waals surface area contributed by atoms with Crippen molar-refractivity contribution in [1.82, 2.24) is 4.90 Å². The molecule has 0 bridgehead atoms. The molecule has 1 aliphatic heterocycles. The van der Waals surface area contributed by atoms with Crippen molar-refractivity contribution >= 4 is 5.91 Å². The second-order valence-corrected chi connectivity index (χ2v) is 3.41. The van der Waals surface area contributed by atoms with Crippen LogP contribution < -0.4 is 0 Å². The van der Waals surface area contributed by atoms with E-state index < -0.39 is 0 Å². The highest BCUT2D eigenvalue weighted by Crippen LogP contribution is 2.16. The summed E-state index contributed by atoms with van der Waals surface area (Å²) >= 11 is 0. The van der Waals surface area contributed by atoms with Crippen LogP contribution in [0, 0.1) is 0 Å². The summed E-state index contributed by atoms with van der Waals surface area (Å²) in [5.74, 6) is 0.142. The minimum absolute atomic E-state index is 0.142. The first-order valence-electron chi connectivity index (χ1n) is 4.85. The van der Waals surface area contributed by atoms with Crippen LogP contribution in [0.15, 0.2) is 24.3 Å². The Morgan fingerprint density at radius 2 is 2.23 bits per heavy atom. The van der Waals surface area contributed by atoms with Gasteiger partial charge < -0.3 is 4.90 Å². The molecule has 0 saturated carbocycles. The fourth-order valence-electron chi connectivity index (χ4n) is 1.61. The molecule has 1 amide bonds. The van der Waals surface area contributed by atoms with Crippen molar-refractivity contribution in [3.63, 3.8) is 0 Å². The smallest absolute Gasteiger partial charge is 0.246 e. The third-order valence-corrected chi connectivity index (χ3v) is 2.38. The van der Waals surface area contributed by atoms with Gasteiger partial charge in [-0.1, -0.05) is 18.2 Å². The van der Waals surface area contributed by atoms with Crippen molar-refractivity contribution in [2.75, 3.05) is 6.54 Å². The number of amides is 1. The van der Waals surface area contributed by atoms with Crippen molar-refractivity contribution in [3.8, 4) is 0 Å². The number of likely N-dealkylation sites (tertiary alicyclic amines) is 1. The molecular formula is C11H17NO. The summed E-state index contributed by atoms with van der Waals surface area (Å²) in [7, 11) is 0. The van der Waals surface area contributed by atoms with Crippen LogP contribution in [0.3, 0.4) is 0 Å². The largest absolute Gasteiger partial charge is 0.336 e. The molecule has 1 fully saturated rings. The van der Waals surface area contributed by atoms with E-state index in [9.17, 15) is 4.79 Å². The third-order valence-electron chi connectivity index (χ3n) is 2.38. The lowest BCUT2D eigenvalue weighted by Gasteiger charge is -2.19. The Hall–Kier alpha value is -1.05. The van der Waals surface area contributed by atoms with Gasteiger partial charge in [0.1, 0.15) is 0 Å². The second-order valence-electron chi connectivity index (χ2n) is 3.41. The normalized spacial score (nSPS) is 23.5. The summed E-state index contributed by atoms with van der Waals surface area (Å²) < 4.78 is 0. The molecule has 1 aliphatic rings. The molecule has 0 aromatic rings. The molecule has 0 aromatic heterocycles. The van der Waals surface area contributed by atoms with Gasteiger partial charge in [0.15, 0.2) is 0 Å². The molecule has 0 radical (unpaired) electrons. The highest BCUT2D eigenvalue weighted by Gasteiger charge is 2.22. The summed E-state index contributed by atoms with van der Waals surface area (Å²) in [6.45, 7) is 4.96. The molecule has 2 nitrogen and oxygen atoms in total. The molecule has 72 valence electrons. The zero-order valence-corrected chi connectivity index (χ0v) is 8.36. The number of allylic oxidation sites excluding steroid dienone is 3. The quantitative estimate of drug-likeness (QED) is 0.469. The Morgan fingerprint density at radius 1 is 1.46 bits per heavy atom. The Bertz CT molecular complexity index is 230. The fraction of sp³-hybridized carbons (Fsp3) is 0.545. The minimum Gasteiger partial charge on any atom is -0.336 e. The number of rotatable bonds is 2. The molecule has 1 saturated heterocycles. The van der Waals surface area contributed by atoms with Crippen molar-refractivity contribution in [2.24, 2.45) is 0 Å². The molecule has 0 aliphatic carbocycles. The summed E-state index contributed by atoms with van der Waals surface area (Å²) in [6.07, 6.45) is 9.51. The monoisotopic (exact) mass is 179 g/mol. The molecule has 13 heavy (non-hydrogen) atoms. The first kappa shape index (κ1) is 10.0. The molecule has 1 heterocycles. The van der Waals surface area contributed by atoms with Gasteiger partial charge in [0.25, 0.3) is 0 Å². The van der Waals surface area contributed by atoms with Gasteiger partial charge in [-0.05, 0) is 26.7 Å². The van der Waals surface area contributed by atoms with Gasteiger partial charge in [0.05, 0.1) is 0 Å².